The van der Waals surface area contributed by atoms with Crippen LogP contribution in [0.4, 0.5) is 4.39 Å². The maximum absolute atomic E-state index is 13.4. The third-order valence-electron chi connectivity index (χ3n) is 2.35. The molecule has 0 aliphatic carbocycles. The summed E-state index contributed by atoms with van der Waals surface area (Å²) in [6.07, 6.45) is 0. The van der Waals surface area contributed by atoms with E-state index in [1.54, 1.807) is 18.2 Å². The normalized spacial score (nSPS) is 10.4. The number of ether oxygens (including phenoxy) is 1. The lowest BCUT2D eigenvalue weighted by Gasteiger charge is -2.11. The topological polar surface area (TPSA) is 29.5 Å². The number of halogens is 3. The Labute approximate surface area is 114 Å². The number of rotatable bonds is 3. The van der Waals surface area contributed by atoms with Crippen molar-refractivity contribution < 1.29 is 14.2 Å². The van der Waals surface area contributed by atoms with Gasteiger partial charge >= 0.3 is 0 Å². The second-order valence-electron chi connectivity index (χ2n) is 3.55. The second-order valence-corrected chi connectivity index (χ2v) is 4.40. The van der Waals surface area contributed by atoms with E-state index in [0.717, 1.165) is 0 Å². The van der Waals surface area contributed by atoms with Crippen molar-refractivity contribution in [2.75, 3.05) is 0 Å². The van der Waals surface area contributed by atoms with Crippen molar-refractivity contribution >= 4 is 23.2 Å². The quantitative estimate of drug-likeness (QED) is 0.905. The first-order valence-corrected chi connectivity index (χ1v) is 5.88. The Hall–Kier alpha value is -1.29. The highest BCUT2D eigenvalue weighted by Gasteiger charge is 2.11. The molecule has 0 unspecified atom stereocenters. The molecule has 94 valence electrons. The molecule has 0 fully saturated rings. The van der Waals surface area contributed by atoms with Gasteiger partial charge in [-0.15, -0.1) is 0 Å². The summed E-state index contributed by atoms with van der Waals surface area (Å²) in [4.78, 5) is 0. The molecule has 0 spiro atoms. The van der Waals surface area contributed by atoms with E-state index < -0.39 is 12.4 Å². The van der Waals surface area contributed by atoms with Gasteiger partial charge in [0.05, 0.1) is 17.2 Å². The Bertz CT molecular complexity index is 573. The Kier molecular flexibility index (Phi) is 4.07. The largest absolute Gasteiger partial charge is 0.455 e. The van der Waals surface area contributed by atoms with E-state index >= 15 is 0 Å². The van der Waals surface area contributed by atoms with Gasteiger partial charge in [-0.05, 0) is 30.3 Å². The van der Waals surface area contributed by atoms with Crippen molar-refractivity contribution in [1.29, 1.82) is 0 Å². The molecular weight excluding hydrogens is 278 g/mol. The smallest absolute Gasteiger partial charge is 0.146 e. The fourth-order valence-electron chi connectivity index (χ4n) is 1.46. The van der Waals surface area contributed by atoms with Crippen LogP contribution in [0.5, 0.6) is 11.5 Å². The molecule has 0 atom stereocenters. The van der Waals surface area contributed by atoms with Crippen molar-refractivity contribution in [2.24, 2.45) is 0 Å². The summed E-state index contributed by atoms with van der Waals surface area (Å²) in [5.74, 6) is 0.0446. The summed E-state index contributed by atoms with van der Waals surface area (Å²) in [6, 6.07) is 9.02. The molecule has 2 aromatic rings. The molecular formula is C13H9Cl2FO2. The Morgan fingerprint density at radius 1 is 1.11 bits per heavy atom. The van der Waals surface area contributed by atoms with Gasteiger partial charge in [0.25, 0.3) is 0 Å². The van der Waals surface area contributed by atoms with E-state index in [1.165, 1.54) is 18.2 Å². The zero-order valence-corrected chi connectivity index (χ0v) is 10.7. The van der Waals surface area contributed by atoms with Gasteiger partial charge in [0.15, 0.2) is 0 Å². The Balaban J connectivity index is 2.37. The molecule has 0 aliphatic heterocycles. The first kappa shape index (κ1) is 13.1. The molecule has 0 heterocycles. The van der Waals surface area contributed by atoms with E-state index in [0.29, 0.717) is 15.8 Å². The van der Waals surface area contributed by atoms with Crippen LogP contribution in [0.3, 0.4) is 0 Å². The fraction of sp³-hybridized carbons (Fsp3) is 0.0769. The minimum Gasteiger partial charge on any atom is -0.455 e. The van der Waals surface area contributed by atoms with Gasteiger partial charge in [-0.25, -0.2) is 4.39 Å². The molecule has 2 aromatic carbocycles. The molecule has 0 saturated heterocycles. The van der Waals surface area contributed by atoms with E-state index in [2.05, 4.69) is 0 Å². The lowest BCUT2D eigenvalue weighted by molar-refractivity contribution is 0.270. The van der Waals surface area contributed by atoms with Gasteiger partial charge in [0.1, 0.15) is 17.3 Å². The van der Waals surface area contributed by atoms with Gasteiger partial charge in [-0.1, -0.05) is 29.3 Å². The Morgan fingerprint density at radius 3 is 2.56 bits per heavy atom. The number of hydrogen-bond acceptors (Lipinski definition) is 2. The molecule has 1 N–H and O–H groups in total. The third kappa shape index (κ3) is 2.75. The summed E-state index contributed by atoms with van der Waals surface area (Å²) in [7, 11) is 0. The third-order valence-corrected chi connectivity index (χ3v) is 2.88. The molecule has 18 heavy (non-hydrogen) atoms. The summed E-state index contributed by atoms with van der Waals surface area (Å²) in [5.41, 5.74) is 0.0866. The zero-order valence-electron chi connectivity index (χ0n) is 9.16. The minimum absolute atomic E-state index is 0.0866. The molecule has 0 aliphatic rings. The summed E-state index contributed by atoms with van der Waals surface area (Å²) in [5, 5.41) is 9.91. The van der Waals surface area contributed by atoms with Crippen LogP contribution in [0.2, 0.25) is 10.0 Å². The number of aliphatic hydroxyl groups excluding tert-OH is 1. The number of hydrogen-bond donors (Lipinski definition) is 1. The maximum atomic E-state index is 13.4. The average Bonchev–Trinajstić information content (AvgIpc) is 2.33. The molecule has 2 nitrogen and oxygen atoms in total. The minimum atomic E-state index is -0.528. The standard InChI is InChI=1S/C13H9Cl2FO2/c14-8-4-5-13(10(15)6-8)18-12-3-1-2-11(16)9(12)7-17/h1-6,17H,7H2. The average molecular weight is 287 g/mol. The lowest BCUT2D eigenvalue weighted by atomic mass is 10.2. The van der Waals surface area contributed by atoms with E-state index in [-0.39, 0.29) is 11.3 Å². The van der Waals surface area contributed by atoms with Crippen molar-refractivity contribution in [3.8, 4) is 11.5 Å². The molecule has 0 saturated carbocycles. The monoisotopic (exact) mass is 286 g/mol. The van der Waals surface area contributed by atoms with Crippen LogP contribution in [0, 0.1) is 5.82 Å². The first-order valence-electron chi connectivity index (χ1n) is 5.13. The maximum Gasteiger partial charge on any atom is 0.146 e. The van der Waals surface area contributed by atoms with Crippen LogP contribution in [-0.4, -0.2) is 5.11 Å². The van der Waals surface area contributed by atoms with Crippen LogP contribution in [0.15, 0.2) is 36.4 Å². The van der Waals surface area contributed by atoms with Gasteiger partial charge in [-0.3, -0.25) is 0 Å². The van der Waals surface area contributed by atoms with Crippen molar-refractivity contribution in [1.82, 2.24) is 0 Å². The highest BCUT2D eigenvalue weighted by molar-refractivity contribution is 6.35. The fourth-order valence-corrected chi connectivity index (χ4v) is 1.91. The second kappa shape index (κ2) is 5.57. The van der Waals surface area contributed by atoms with Crippen LogP contribution in [-0.2, 0) is 6.61 Å². The van der Waals surface area contributed by atoms with E-state index in [9.17, 15) is 4.39 Å². The van der Waals surface area contributed by atoms with Crippen LogP contribution < -0.4 is 4.74 Å². The SMILES string of the molecule is OCc1c(F)cccc1Oc1ccc(Cl)cc1Cl. The van der Waals surface area contributed by atoms with E-state index in [4.69, 9.17) is 33.0 Å². The number of benzene rings is 2. The zero-order chi connectivity index (χ0) is 13.1. The summed E-state index contributed by atoms with van der Waals surface area (Å²) < 4.78 is 18.9. The van der Waals surface area contributed by atoms with Crippen LogP contribution in [0.1, 0.15) is 5.56 Å². The van der Waals surface area contributed by atoms with Crippen molar-refractivity contribution in [3.63, 3.8) is 0 Å². The molecule has 5 heteroatoms. The van der Waals surface area contributed by atoms with Crippen LogP contribution in [0.25, 0.3) is 0 Å². The van der Waals surface area contributed by atoms with Crippen molar-refractivity contribution in [3.05, 3.63) is 57.8 Å². The lowest BCUT2D eigenvalue weighted by Crippen LogP contribution is -1.95. The summed E-state index contributed by atoms with van der Waals surface area (Å²) in [6.45, 7) is -0.451. The van der Waals surface area contributed by atoms with Gasteiger partial charge < -0.3 is 9.84 Å². The highest BCUT2D eigenvalue weighted by Crippen LogP contribution is 2.33. The highest BCUT2D eigenvalue weighted by atomic mass is 35.5. The van der Waals surface area contributed by atoms with E-state index in [1.807, 2.05) is 0 Å². The molecule has 0 radical (unpaired) electrons. The molecule has 0 aromatic heterocycles. The van der Waals surface area contributed by atoms with Gasteiger partial charge in [0.2, 0.25) is 0 Å². The predicted octanol–water partition coefficient (Wildman–Crippen LogP) is 4.42. The number of aliphatic hydroxyl groups is 1. The van der Waals surface area contributed by atoms with Crippen LogP contribution >= 0.6 is 23.2 Å². The first-order chi connectivity index (χ1) is 8.61. The van der Waals surface area contributed by atoms with Crippen molar-refractivity contribution in [2.45, 2.75) is 6.61 Å². The molecule has 0 bridgehead atoms. The summed E-state index contributed by atoms with van der Waals surface area (Å²) >= 11 is 11.7. The molecule has 0 amide bonds. The molecule has 2 rings (SSSR count). The predicted molar refractivity (Wildman–Crippen MR) is 68.9 cm³/mol. The van der Waals surface area contributed by atoms with Gasteiger partial charge in [-0.2, -0.15) is 0 Å². The Morgan fingerprint density at radius 2 is 1.89 bits per heavy atom. The van der Waals surface area contributed by atoms with Gasteiger partial charge in [0, 0.05) is 5.02 Å².